The lowest BCUT2D eigenvalue weighted by Crippen LogP contribution is -2.05. The summed E-state index contributed by atoms with van der Waals surface area (Å²) in [6.07, 6.45) is 1.42. The molecule has 1 aromatic heterocycles. The van der Waals surface area contributed by atoms with Crippen molar-refractivity contribution >= 4 is 34.4 Å². The maximum absolute atomic E-state index is 9.44. The zero-order valence-electron chi connectivity index (χ0n) is 12.2. The fraction of sp³-hybridized carbons (Fsp3) is 0.286. The van der Waals surface area contributed by atoms with Crippen molar-refractivity contribution in [1.82, 2.24) is 9.97 Å². The molecule has 22 heavy (non-hydrogen) atoms. The molecule has 0 bridgehead atoms. The van der Waals surface area contributed by atoms with Crippen LogP contribution in [0.4, 0.5) is 11.8 Å². The number of nitrogen functional groups attached to an aromatic ring is 2. The van der Waals surface area contributed by atoms with Gasteiger partial charge in [-0.25, -0.2) is 4.98 Å². The molecule has 5 N–H and O–H groups in total. The molecule has 0 saturated heterocycles. The summed E-state index contributed by atoms with van der Waals surface area (Å²) in [5.74, 6) is 1.69. The third kappa shape index (κ3) is 3.50. The van der Waals surface area contributed by atoms with Gasteiger partial charge in [0.2, 0.25) is 5.95 Å². The number of methoxy groups -OCH3 is 1. The Bertz CT molecular complexity index is 681. The number of hydrogen-bond acceptors (Lipinski definition) is 7. The van der Waals surface area contributed by atoms with E-state index in [1.165, 1.54) is 6.20 Å². The molecule has 1 aromatic carbocycles. The molecule has 0 spiro atoms. The lowest BCUT2D eigenvalue weighted by Gasteiger charge is -2.18. The number of anilines is 2. The highest BCUT2D eigenvalue weighted by atomic mass is 127. The van der Waals surface area contributed by atoms with Crippen molar-refractivity contribution in [2.75, 3.05) is 25.2 Å². The van der Waals surface area contributed by atoms with Gasteiger partial charge in [-0.3, -0.25) is 0 Å². The Morgan fingerprint density at radius 2 is 2.00 bits per heavy atom. The second-order valence-electron chi connectivity index (χ2n) is 4.69. The highest BCUT2D eigenvalue weighted by molar-refractivity contribution is 14.1. The van der Waals surface area contributed by atoms with E-state index in [4.69, 9.17) is 20.9 Å². The minimum absolute atomic E-state index is 0.0200. The van der Waals surface area contributed by atoms with Crippen LogP contribution in [0.15, 0.2) is 18.3 Å². The first kappa shape index (κ1) is 16.6. The van der Waals surface area contributed by atoms with Crippen LogP contribution in [0.5, 0.6) is 17.2 Å². The Hall–Kier alpha value is -1.81. The van der Waals surface area contributed by atoms with Gasteiger partial charge in [0.25, 0.3) is 0 Å². The molecule has 0 aliphatic carbocycles. The third-order valence-corrected chi connectivity index (χ3v) is 3.95. The fourth-order valence-corrected chi connectivity index (χ4v) is 2.53. The van der Waals surface area contributed by atoms with Crippen molar-refractivity contribution in [3.63, 3.8) is 0 Å². The van der Waals surface area contributed by atoms with Crippen molar-refractivity contribution in [3.05, 3.63) is 27.5 Å². The predicted octanol–water partition coefficient (Wildman–Crippen LogP) is 2.14. The summed E-state index contributed by atoms with van der Waals surface area (Å²) in [6, 6.07) is 3.66. The average Bonchev–Trinajstić information content (AvgIpc) is 2.49. The summed E-state index contributed by atoms with van der Waals surface area (Å²) in [7, 11) is 1.59. The molecule has 0 saturated carbocycles. The first-order valence-corrected chi connectivity index (χ1v) is 7.58. The van der Waals surface area contributed by atoms with Gasteiger partial charge in [-0.1, -0.05) is 6.92 Å². The van der Waals surface area contributed by atoms with E-state index in [9.17, 15) is 5.11 Å². The molecule has 0 amide bonds. The third-order valence-electron chi connectivity index (χ3n) is 3.11. The fourth-order valence-electron chi connectivity index (χ4n) is 1.87. The summed E-state index contributed by atoms with van der Waals surface area (Å²) >= 11 is 2.14. The molecule has 1 atom stereocenters. The quantitative estimate of drug-likeness (QED) is 0.640. The Kier molecular flexibility index (Phi) is 5.24. The summed E-state index contributed by atoms with van der Waals surface area (Å²) < 4.78 is 12.0. The Balaban J connectivity index is 2.46. The molecule has 0 aliphatic heterocycles. The van der Waals surface area contributed by atoms with Crippen molar-refractivity contribution in [2.24, 2.45) is 0 Å². The number of halogens is 1. The molecule has 1 heterocycles. The number of rotatable bonds is 5. The van der Waals surface area contributed by atoms with E-state index in [1.807, 2.05) is 19.1 Å². The van der Waals surface area contributed by atoms with Gasteiger partial charge in [0.1, 0.15) is 11.5 Å². The van der Waals surface area contributed by atoms with Crippen LogP contribution >= 0.6 is 22.6 Å². The van der Waals surface area contributed by atoms with Gasteiger partial charge in [0, 0.05) is 18.1 Å². The van der Waals surface area contributed by atoms with Crippen LogP contribution in [0.3, 0.4) is 0 Å². The second kappa shape index (κ2) is 6.97. The lowest BCUT2D eigenvalue weighted by atomic mass is 10.0. The normalized spacial score (nSPS) is 12.0. The smallest absolute Gasteiger partial charge is 0.222 e. The highest BCUT2D eigenvalue weighted by Crippen LogP contribution is 2.37. The number of nitrogens with two attached hydrogens (primary N) is 2. The predicted molar refractivity (Wildman–Crippen MR) is 92.1 cm³/mol. The van der Waals surface area contributed by atoms with E-state index >= 15 is 0 Å². The molecular weight excluding hydrogens is 399 g/mol. The second-order valence-corrected chi connectivity index (χ2v) is 5.85. The van der Waals surface area contributed by atoms with Crippen molar-refractivity contribution < 1.29 is 14.6 Å². The Morgan fingerprint density at radius 3 is 2.59 bits per heavy atom. The summed E-state index contributed by atoms with van der Waals surface area (Å²) in [4.78, 5) is 7.74. The van der Waals surface area contributed by atoms with Crippen LogP contribution in [-0.4, -0.2) is 28.8 Å². The van der Waals surface area contributed by atoms with Crippen LogP contribution in [0.1, 0.15) is 18.4 Å². The van der Waals surface area contributed by atoms with E-state index in [2.05, 4.69) is 32.6 Å². The minimum atomic E-state index is -0.128. The molecule has 2 rings (SSSR count). The molecule has 1 unspecified atom stereocenters. The summed E-state index contributed by atoms with van der Waals surface area (Å²) in [5, 5.41) is 9.44. The highest BCUT2D eigenvalue weighted by Gasteiger charge is 2.17. The molecular formula is C14H17IN4O3. The van der Waals surface area contributed by atoms with E-state index in [0.29, 0.717) is 17.2 Å². The largest absolute Gasteiger partial charge is 0.496 e. The first-order valence-electron chi connectivity index (χ1n) is 6.50. The molecule has 0 fully saturated rings. The number of aromatic nitrogens is 2. The zero-order chi connectivity index (χ0) is 16.3. The number of aliphatic hydroxyl groups excluding tert-OH is 1. The van der Waals surface area contributed by atoms with Gasteiger partial charge in [-0.2, -0.15) is 4.98 Å². The molecule has 7 nitrogen and oxygen atoms in total. The van der Waals surface area contributed by atoms with Gasteiger partial charge >= 0.3 is 0 Å². The standard InChI is InChI=1S/C14H17IN4O3/c1-7(6-20)8-3-11(21-2)9(15)4-10(8)22-12-5-18-14(17)19-13(12)16/h3-5,7,20H,6H2,1-2H3,(H4,16,17,18,19). The number of hydrogen-bond donors (Lipinski definition) is 3. The van der Waals surface area contributed by atoms with Gasteiger partial charge in [-0.05, 0) is 34.7 Å². The van der Waals surface area contributed by atoms with Gasteiger partial charge in [0.05, 0.1) is 16.9 Å². The van der Waals surface area contributed by atoms with Crippen molar-refractivity contribution in [3.8, 4) is 17.2 Å². The van der Waals surface area contributed by atoms with Gasteiger partial charge in [-0.15, -0.1) is 0 Å². The van der Waals surface area contributed by atoms with Gasteiger partial charge in [0.15, 0.2) is 11.6 Å². The maximum Gasteiger partial charge on any atom is 0.222 e. The van der Waals surface area contributed by atoms with Crippen LogP contribution in [0, 0.1) is 3.57 Å². The minimum Gasteiger partial charge on any atom is -0.496 e. The lowest BCUT2D eigenvalue weighted by molar-refractivity contribution is 0.270. The van der Waals surface area contributed by atoms with Crippen LogP contribution in [0.25, 0.3) is 0 Å². The van der Waals surface area contributed by atoms with Crippen LogP contribution < -0.4 is 20.9 Å². The van der Waals surface area contributed by atoms with E-state index < -0.39 is 0 Å². The van der Waals surface area contributed by atoms with Crippen molar-refractivity contribution in [1.29, 1.82) is 0 Å². The summed E-state index contributed by atoms with van der Waals surface area (Å²) in [6.45, 7) is 1.87. The molecule has 0 aliphatic rings. The SMILES string of the molecule is COc1cc(C(C)CO)c(Oc2cnc(N)nc2N)cc1I. The average molecular weight is 416 g/mol. The van der Waals surface area contributed by atoms with E-state index in [1.54, 1.807) is 7.11 Å². The summed E-state index contributed by atoms with van der Waals surface area (Å²) in [5.41, 5.74) is 12.1. The monoisotopic (exact) mass is 416 g/mol. The zero-order valence-corrected chi connectivity index (χ0v) is 14.4. The van der Waals surface area contributed by atoms with Crippen LogP contribution in [-0.2, 0) is 0 Å². The number of benzene rings is 1. The Morgan fingerprint density at radius 1 is 1.27 bits per heavy atom. The molecule has 0 radical (unpaired) electrons. The number of aliphatic hydroxyl groups is 1. The van der Waals surface area contributed by atoms with Crippen molar-refractivity contribution in [2.45, 2.75) is 12.8 Å². The molecule has 118 valence electrons. The van der Waals surface area contributed by atoms with E-state index in [0.717, 1.165) is 9.13 Å². The van der Waals surface area contributed by atoms with Crippen LogP contribution in [0.2, 0.25) is 0 Å². The van der Waals surface area contributed by atoms with E-state index in [-0.39, 0.29) is 24.3 Å². The number of ether oxygens (including phenoxy) is 2. The molecule has 8 heteroatoms. The maximum atomic E-state index is 9.44. The number of nitrogens with zero attached hydrogens (tertiary/aromatic N) is 2. The Labute approximate surface area is 141 Å². The molecule has 2 aromatic rings. The van der Waals surface area contributed by atoms with Gasteiger partial charge < -0.3 is 26.0 Å². The topological polar surface area (TPSA) is 117 Å². The first-order chi connectivity index (χ1) is 10.5.